The predicted molar refractivity (Wildman–Crippen MR) is 79.5 cm³/mol. The Bertz CT molecular complexity index is 531. The van der Waals surface area contributed by atoms with Gasteiger partial charge in [-0.3, -0.25) is 4.79 Å². The minimum absolute atomic E-state index is 0.183. The first-order valence-electron chi connectivity index (χ1n) is 6.65. The Kier molecular flexibility index (Phi) is 4.35. The van der Waals surface area contributed by atoms with Crippen LogP contribution in [-0.4, -0.2) is 5.78 Å². The standard InChI is InChI=1S/C17H19NO/c1-3-17(19)15-9-11-16(12-10-15)18-13(2)14-7-5-4-6-8-14/h4-13,18H,3H2,1-2H3. The van der Waals surface area contributed by atoms with Gasteiger partial charge in [-0.05, 0) is 36.8 Å². The summed E-state index contributed by atoms with van der Waals surface area (Å²) in [6.45, 7) is 4.01. The first-order valence-corrected chi connectivity index (χ1v) is 6.65. The molecule has 0 saturated heterocycles. The highest BCUT2D eigenvalue weighted by Crippen LogP contribution is 2.19. The molecule has 0 spiro atoms. The van der Waals surface area contributed by atoms with Crippen LogP contribution in [0.5, 0.6) is 0 Å². The van der Waals surface area contributed by atoms with E-state index in [4.69, 9.17) is 0 Å². The molecule has 19 heavy (non-hydrogen) atoms. The molecule has 0 heterocycles. The van der Waals surface area contributed by atoms with Gasteiger partial charge in [0.1, 0.15) is 0 Å². The quantitative estimate of drug-likeness (QED) is 0.797. The van der Waals surface area contributed by atoms with E-state index in [9.17, 15) is 4.79 Å². The summed E-state index contributed by atoms with van der Waals surface area (Å²) in [6.07, 6.45) is 0.549. The second-order valence-corrected chi connectivity index (χ2v) is 4.63. The van der Waals surface area contributed by atoms with Gasteiger partial charge in [0.05, 0.1) is 0 Å². The van der Waals surface area contributed by atoms with Crippen LogP contribution in [-0.2, 0) is 0 Å². The molecular weight excluding hydrogens is 234 g/mol. The van der Waals surface area contributed by atoms with Gasteiger partial charge in [0.25, 0.3) is 0 Å². The molecule has 0 radical (unpaired) electrons. The molecule has 2 nitrogen and oxygen atoms in total. The molecule has 0 bridgehead atoms. The smallest absolute Gasteiger partial charge is 0.162 e. The number of Topliss-reactive ketones (excluding diaryl/α,β-unsaturated/α-hetero) is 1. The van der Waals surface area contributed by atoms with Gasteiger partial charge in [-0.2, -0.15) is 0 Å². The molecule has 0 fully saturated rings. The Hall–Kier alpha value is -2.09. The number of rotatable bonds is 5. The van der Waals surface area contributed by atoms with Crippen molar-refractivity contribution in [1.82, 2.24) is 0 Å². The van der Waals surface area contributed by atoms with E-state index >= 15 is 0 Å². The molecule has 0 aliphatic carbocycles. The van der Waals surface area contributed by atoms with Gasteiger partial charge in [0.15, 0.2) is 5.78 Å². The number of nitrogens with one attached hydrogen (secondary N) is 1. The maximum atomic E-state index is 11.5. The Morgan fingerprint density at radius 2 is 1.68 bits per heavy atom. The highest BCUT2D eigenvalue weighted by Gasteiger charge is 2.06. The molecule has 0 amide bonds. The molecular formula is C17H19NO. The van der Waals surface area contributed by atoms with Gasteiger partial charge in [0.2, 0.25) is 0 Å². The lowest BCUT2D eigenvalue weighted by atomic mass is 10.1. The predicted octanol–water partition coefficient (Wildman–Crippen LogP) is 4.45. The zero-order chi connectivity index (χ0) is 13.7. The van der Waals surface area contributed by atoms with Crippen LogP contribution >= 0.6 is 0 Å². The van der Waals surface area contributed by atoms with Gasteiger partial charge in [0, 0.05) is 23.7 Å². The fourth-order valence-corrected chi connectivity index (χ4v) is 2.03. The Labute approximate surface area is 114 Å². The molecule has 0 aromatic heterocycles. The minimum atomic E-state index is 0.183. The van der Waals surface area contributed by atoms with Crippen LogP contribution in [0.15, 0.2) is 54.6 Å². The summed E-state index contributed by atoms with van der Waals surface area (Å²) < 4.78 is 0. The third kappa shape index (κ3) is 3.44. The zero-order valence-electron chi connectivity index (χ0n) is 11.4. The van der Waals surface area contributed by atoms with Crippen molar-refractivity contribution in [2.24, 2.45) is 0 Å². The van der Waals surface area contributed by atoms with Crippen LogP contribution in [0.4, 0.5) is 5.69 Å². The molecule has 0 saturated carbocycles. The van der Waals surface area contributed by atoms with Crippen LogP contribution in [0.2, 0.25) is 0 Å². The molecule has 1 N–H and O–H groups in total. The third-order valence-electron chi connectivity index (χ3n) is 3.21. The van der Waals surface area contributed by atoms with Crippen LogP contribution in [0.1, 0.15) is 42.2 Å². The van der Waals surface area contributed by atoms with Crippen molar-refractivity contribution in [3.63, 3.8) is 0 Å². The summed E-state index contributed by atoms with van der Waals surface area (Å²) in [5, 5.41) is 3.43. The lowest BCUT2D eigenvalue weighted by molar-refractivity contribution is 0.0988. The Morgan fingerprint density at radius 1 is 1.05 bits per heavy atom. The van der Waals surface area contributed by atoms with Crippen molar-refractivity contribution >= 4 is 11.5 Å². The van der Waals surface area contributed by atoms with Crippen molar-refractivity contribution in [2.45, 2.75) is 26.3 Å². The van der Waals surface area contributed by atoms with E-state index in [2.05, 4.69) is 24.4 Å². The summed E-state index contributed by atoms with van der Waals surface area (Å²) in [5.41, 5.74) is 3.06. The fourth-order valence-electron chi connectivity index (χ4n) is 2.03. The average Bonchev–Trinajstić information content (AvgIpc) is 2.48. The van der Waals surface area contributed by atoms with Gasteiger partial charge >= 0.3 is 0 Å². The van der Waals surface area contributed by atoms with Gasteiger partial charge < -0.3 is 5.32 Å². The molecule has 2 aromatic carbocycles. The number of ketones is 1. The van der Waals surface area contributed by atoms with Crippen molar-refractivity contribution < 1.29 is 4.79 Å². The molecule has 2 rings (SSSR count). The van der Waals surface area contributed by atoms with Crippen LogP contribution in [0, 0.1) is 0 Å². The number of carbonyl (C=O) groups excluding carboxylic acids is 1. The van der Waals surface area contributed by atoms with E-state index < -0.39 is 0 Å². The summed E-state index contributed by atoms with van der Waals surface area (Å²) in [4.78, 5) is 11.5. The van der Waals surface area contributed by atoms with E-state index in [0.29, 0.717) is 6.42 Å². The summed E-state index contributed by atoms with van der Waals surface area (Å²) in [6, 6.07) is 18.2. The molecule has 0 aliphatic rings. The topological polar surface area (TPSA) is 29.1 Å². The van der Waals surface area contributed by atoms with E-state index in [1.54, 1.807) is 0 Å². The average molecular weight is 253 g/mol. The molecule has 2 heteroatoms. The van der Waals surface area contributed by atoms with Crippen LogP contribution < -0.4 is 5.32 Å². The molecule has 1 unspecified atom stereocenters. The van der Waals surface area contributed by atoms with Crippen molar-refractivity contribution in [3.8, 4) is 0 Å². The van der Waals surface area contributed by atoms with Gasteiger partial charge in [-0.25, -0.2) is 0 Å². The van der Waals surface area contributed by atoms with Crippen molar-refractivity contribution in [2.75, 3.05) is 5.32 Å². The van der Waals surface area contributed by atoms with Crippen LogP contribution in [0.3, 0.4) is 0 Å². The van der Waals surface area contributed by atoms with E-state index in [-0.39, 0.29) is 11.8 Å². The van der Waals surface area contributed by atoms with E-state index in [1.165, 1.54) is 5.56 Å². The minimum Gasteiger partial charge on any atom is -0.379 e. The van der Waals surface area contributed by atoms with Gasteiger partial charge in [-0.15, -0.1) is 0 Å². The summed E-state index contributed by atoms with van der Waals surface area (Å²) in [7, 11) is 0. The highest BCUT2D eigenvalue weighted by molar-refractivity contribution is 5.96. The largest absolute Gasteiger partial charge is 0.379 e. The van der Waals surface area contributed by atoms with Crippen molar-refractivity contribution in [3.05, 3.63) is 65.7 Å². The second-order valence-electron chi connectivity index (χ2n) is 4.63. The Balaban J connectivity index is 2.06. The number of hydrogen-bond donors (Lipinski definition) is 1. The maximum Gasteiger partial charge on any atom is 0.162 e. The van der Waals surface area contributed by atoms with E-state index in [0.717, 1.165) is 11.3 Å². The highest BCUT2D eigenvalue weighted by atomic mass is 16.1. The zero-order valence-corrected chi connectivity index (χ0v) is 11.4. The first kappa shape index (κ1) is 13.3. The van der Waals surface area contributed by atoms with Crippen molar-refractivity contribution in [1.29, 1.82) is 0 Å². The van der Waals surface area contributed by atoms with E-state index in [1.807, 2.05) is 49.4 Å². The summed E-state index contributed by atoms with van der Waals surface area (Å²) >= 11 is 0. The third-order valence-corrected chi connectivity index (χ3v) is 3.21. The molecule has 98 valence electrons. The first-order chi connectivity index (χ1) is 9.20. The monoisotopic (exact) mass is 253 g/mol. The molecule has 2 aromatic rings. The number of anilines is 1. The lowest BCUT2D eigenvalue weighted by Gasteiger charge is -2.15. The lowest BCUT2D eigenvalue weighted by Crippen LogP contribution is -2.06. The Morgan fingerprint density at radius 3 is 2.26 bits per heavy atom. The number of hydrogen-bond acceptors (Lipinski definition) is 2. The van der Waals surface area contributed by atoms with Crippen LogP contribution in [0.25, 0.3) is 0 Å². The molecule has 0 aliphatic heterocycles. The number of carbonyl (C=O) groups is 1. The van der Waals surface area contributed by atoms with Gasteiger partial charge in [-0.1, -0.05) is 37.3 Å². The molecule has 1 atom stereocenters. The number of benzene rings is 2. The normalized spacial score (nSPS) is 11.9. The maximum absolute atomic E-state index is 11.5. The second kappa shape index (κ2) is 6.19. The fraction of sp³-hybridized carbons (Fsp3) is 0.235. The summed E-state index contributed by atoms with van der Waals surface area (Å²) in [5.74, 6) is 0.183. The SMILES string of the molecule is CCC(=O)c1ccc(NC(C)c2ccccc2)cc1.